The minimum atomic E-state index is -1.23. The molecule has 0 rings (SSSR count). The molecule has 0 unspecified atom stereocenters. The maximum atomic E-state index is 12.3. The number of ether oxygens (including phenoxy) is 1. The third-order valence-corrected chi connectivity index (χ3v) is 3.53. The largest absolute Gasteiger partial charge is 0.467 e. The van der Waals surface area contributed by atoms with Crippen molar-refractivity contribution in [3.63, 3.8) is 0 Å². The number of amides is 2. The second-order valence-electron chi connectivity index (χ2n) is 5.64. The van der Waals surface area contributed by atoms with Crippen molar-refractivity contribution >= 4 is 17.8 Å². The highest BCUT2D eigenvalue weighted by Crippen LogP contribution is 2.02. The van der Waals surface area contributed by atoms with E-state index in [1.807, 2.05) is 6.92 Å². The van der Waals surface area contributed by atoms with E-state index in [0.717, 1.165) is 20.0 Å². The van der Waals surface area contributed by atoms with Gasteiger partial charge in [-0.1, -0.05) is 19.8 Å². The standard InChI is InChI=1S/C15H30N4O5/c1-4-5-6-10(17)13(21)18-11(7-8-16)14(22)19-12(9(2)20)15(23)24-3/h9-12,20H,4-8,16-17H2,1-3H3,(H,18,21)(H,19,22)/t9-,10+,11+,12+/m1/s1. The predicted octanol–water partition coefficient (Wildman–Crippen LogP) is -1.62. The molecule has 0 aliphatic rings. The summed E-state index contributed by atoms with van der Waals surface area (Å²) in [6.07, 6.45) is 1.24. The summed E-state index contributed by atoms with van der Waals surface area (Å²) in [6, 6.07) is -2.89. The van der Waals surface area contributed by atoms with Crippen molar-refractivity contribution in [3.8, 4) is 0 Å². The van der Waals surface area contributed by atoms with E-state index < -0.39 is 42.0 Å². The first-order chi connectivity index (χ1) is 11.3. The van der Waals surface area contributed by atoms with Gasteiger partial charge in [-0.3, -0.25) is 9.59 Å². The molecule has 7 N–H and O–H groups in total. The van der Waals surface area contributed by atoms with Crippen LogP contribution in [-0.2, 0) is 19.1 Å². The van der Waals surface area contributed by atoms with Crippen LogP contribution in [0, 0.1) is 0 Å². The van der Waals surface area contributed by atoms with Crippen LogP contribution in [0.25, 0.3) is 0 Å². The average molecular weight is 346 g/mol. The lowest BCUT2D eigenvalue weighted by Gasteiger charge is -2.24. The minimum absolute atomic E-state index is 0.153. The maximum absolute atomic E-state index is 12.3. The van der Waals surface area contributed by atoms with Gasteiger partial charge in [0.25, 0.3) is 0 Å². The molecule has 0 saturated heterocycles. The molecule has 140 valence electrons. The second-order valence-corrected chi connectivity index (χ2v) is 5.64. The Morgan fingerprint density at radius 1 is 1.17 bits per heavy atom. The summed E-state index contributed by atoms with van der Waals surface area (Å²) >= 11 is 0. The van der Waals surface area contributed by atoms with Gasteiger partial charge in [0.2, 0.25) is 11.8 Å². The SMILES string of the molecule is CCCC[C@H](N)C(=O)N[C@@H](CCN)C(=O)N[C@H](C(=O)OC)[C@@H](C)O. The number of hydrogen-bond donors (Lipinski definition) is 5. The van der Waals surface area contributed by atoms with Crippen molar-refractivity contribution in [1.29, 1.82) is 0 Å². The average Bonchev–Trinajstić information content (AvgIpc) is 2.55. The number of esters is 1. The molecule has 4 atom stereocenters. The molecule has 0 aliphatic heterocycles. The number of aliphatic hydroxyl groups is 1. The van der Waals surface area contributed by atoms with E-state index >= 15 is 0 Å². The Labute approximate surface area is 142 Å². The lowest BCUT2D eigenvalue weighted by Crippen LogP contribution is -2.57. The molecule has 0 bridgehead atoms. The van der Waals surface area contributed by atoms with Gasteiger partial charge in [-0.25, -0.2) is 4.79 Å². The smallest absolute Gasteiger partial charge is 0.331 e. The Hall–Kier alpha value is -1.71. The first-order valence-corrected chi connectivity index (χ1v) is 8.10. The quantitative estimate of drug-likeness (QED) is 0.281. The molecule has 0 radical (unpaired) electrons. The fourth-order valence-corrected chi connectivity index (χ4v) is 2.03. The van der Waals surface area contributed by atoms with Gasteiger partial charge in [-0.15, -0.1) is 0 Å². The third-order valence-electron chi connectivity index (χ3n) is 3.53. The Balaban J connectivity index is 4.87. The highest BCUT2D eigenvalue weighted by Gasteiger charge is 2.30. The molecule has 9 nitrogen and oxygen atoms in total. The zero-order chi connectivity index (χ0) is 18.7. The molecule has 9 heteroatoms. The Bertz CT molecular complexity index is 417. The number of nitrogens with two attached hydrogens (primary N) is 2. The molecule has 2 amide bonds. The van der Waals surface area contributed by atoms with Gasteiger partial charge in [0.1, 0.15) is 6.04 Å². The van der Waals surface area contributed by atoms with Crippen LogP contribution in [0.3, 0.4) is 0 Å². The van der Waals surface area contributed by atoms with Crippen LogP contribution in [-0.4, -0.2) is 60.8 Å². The van der Waals surface area contributed by atoms with Crippen molar-refractivity contribution in [1.82, 2.24) is 10.6 Å². The number of methoxy groups -OCH3 is 1. The van der Waals surface area contributed by atoms with Crippen molar-refractivity contribution in [2.24, 2.45) is 11.5 Å². The highest BCUT2D eigenvalue weighted by atomic mass is 16.5. The monoisotopic (exact) mass is 346 g/mol. The summed E-state index contributed by atoms with van der Waals surface area (Å²) in [5.41, 5.74) is 11.3. The van der Waals surface area contributed by atoms with Crippen molar-refractivity contribution in [3.05, 3.63) is 0 Å². The maximum Gasteiger partial charge on any atom is 0.331 e. The van der Waals surface area contributed by atoms with Gasteiger partial charge in [0, 0.05) is 0 Å². The molecule has 24 heavy (non-hydrogen) atoms. The molecule has 0 aromatic rings. The van der Waals surface area contributed by atoms with Crippen molar-refractivity contribution in [2.45, 2.75) is 63.8 Å². The summed E-state index contributed by atoms with van der Waals surface area (Å²) < 4.78 is 4.53. The minimum Gasteiger partial charge on any atom is -0.467 e. The number of carbonyl (C=O) groups is 3. The fourth-order valence-electron chi connectivity index (χ4n) is 2.03. The van der Waals surface area contributed by atoms with Crippen LogP contribution < -0.4 is 22.1 Å². The Morgan fingerprint density at radius 3 is 2.25 bits per heavy atom. The first-order valence-electron chi connectivity index (χ1n) is 8.10. The first kappa shape index (κ1) is 22.3. The number of rotatable bonds is 11. The summed E-state index contributed by atoms with van der Waals surface area (Å²) in [6.45, 7) is 3.48. The molecule has 0 heterocycles. The van der Waals surface area contributed by atoms with E-state index in [2.05, 4.69) is 15.4 Å². The Morgan fingerprint density at radius 2 is 1.79 bits per heavy atom. The Kier molecular flexibility index (Phi) is 10.9. The van der Waals surface area contributed by atoms with Crippen LogP contribution >= 0.6 is 0 Å². The molecular formula is C15H30N4O5. The molecule has 0 aromatic heterocycles. The lowest BCUT2D eigenvalue weighted by molar-refractivity contribution is -0.148. The zero-order valence-corrected chi connectivity index (χ0v) is 14.6. The van der Waals surface area contributed by atoms with Crippen LogP contribution in [0.15, 0.2) is 0 Å². The van der Waals surface area contributed by atoms with Gasteiger partial charge in [-0.05, 0) is 26.3 Å². The number of unbranched alkanes of at least 4 members (excludes halogenated alkanes) is 1. The number of hydrogen-bond acceptors (Lipinski definition) is 7. The summed E-state index contributed by atoms with van der Waals surface area (Å²) in [5, 5.41) is 14.5. The predicted molar refractivity (Wildman–Crippen MR) is 88.7 cm³/mol. The summed E-state index contributed by atoms with van der Waals surface area (Å²) in [5.74, 6) is -1.87. The molecule has 0 aromatic carbocycles. The van der Waals surface area contributed by atoms with Crippen molar-refractivity contribution < 1.29 is 24.2 Å². The second kappa shape index (κ2) is 11.8. The fraction of sp³-hybridized carbons (Fsp3) is 0.800. The molecule has 0 aliphatic carbocycles. The summed E-state index contributed by atoms with van der Waals surface area (Å²) in [4.78, 5) is 35.9. The van der Waals surface area contributed by atoms with Gasteiger partial charge < -0.3 is 31.9 Å². The van der Waals surface area contributed by atoms with E-state index in [1.54, 1.807) is 0 Å². The van der Waals surface area contributed by atoms with Crippen molar-refractivity contribution in [2.75, 3.05) is 13.7 Å². The number of nitrogens with one attached hydrogen (secondary N) is 2. The van der Waals surface area contributed by atoms with Crippen LogP contribution in [0.4, 0.5) is 0 Å². The molecule has 0 saturated carbocycles. The van der Waals surface area contributed by atoms with E-state index in [4.69, 9.17) is 11.5 Å². The van der Waals surface area contributed by atoms with E-state index in [9.17, 15) is 19.5 Å². The third kappa shape index (κ3) is 7.71. The van der Waals surface area contributed by atoms with Crippen LogP contribution in [0.5, 0.6) is 0 Å². The number of carbonyl (C=O) groups excluding carboxylic acids is 3. The van der Waals surface area contributed by atoms with Crippen LogP contribution in [0.2, 0.25) is 0 Å². The van der Waals surface area contributed by atoms with Gasteiger partial charge in [0.15, 0.2) is 6.04 Å². The molecule has 0 spiro atoms. The summed E-state index contributed by atoms with van der Waals surface area (Å²) in [7, 11) is 1.15. The zero-order valence-electron chi connectivity index (χ0n) is 14.6. The molecular weight excluding hydrogens is 316 g/mol. The van der Waals surface area contributed by atoms with E-state index in [0.29, 0.717) is 6.42 Å². The van der Waals surface area contributed by atoms with Gasteiger partial charge >= 0.3 is 5.97 Å². The number of aliphatic hydroxyl groups excluding tert-OH is 1. The van der Waals surface area contributed by atoms with E-state index in [-0.39, 0.29) is 13.0 Å². The highest BCUT2D eigenvalue weighted by molar-refractivity contribution is 5.92. The lowest BCUT2D eigenvalue weighted by atomic mass is 10.1. The van der Waals surface area contributed by atoms with E-state index in [1.165, 1.54) is 6.92 Å². The van der Waals surface area contributed by atoms with Gasteiger partial charge in [0.05, 0.1) is 19.3 Å². The molecule has 0 fully saturated rings. The van der Waals surface area contributed by atoms with Gasteiger partial charge in [-0.2, -0.15) is 0 Å². The topological polar surface area (TPSA) is 157 Å². The van der Waals surface area contributed by atoms with Crippen LogP contribution in [0.1, 0.15) is 39.5 Å². The normalized spacial score (nSPS) is 15.8.